The van der Waals surface area contributed by atoms with E-state index in [1.807, 2.05) is 11.3 Å². The van der Waals surface area contributed by atoms with Gasteiger partial charge in [0.1, 0.15) is 0 Å². The van der Waals surface area contributed by atoms with Crippen LogP contribution in [0.5, 0.6) is 0 Å². The Labute approximate surface area is 127 Å². The summed E-state index contributed by atoms with van der Waals surface area (Å²) in [4.78, 5) is 1.61. The quantitative estimate of drug-likeness (QED) is 0.644. The van der Waals surface area contributed by atoms with E-state index in [0.717, 1.165) is 11.8 Å². The number of nitrogens with two attached hydrogens (primary N) is 1. The summed E-state index contributed by atoms with van der Waals surface area (Å²) in [5.41, 5.74) is 4.81. The maximum atomic E-state index is 5.98. The number of hydrogen-bond donors (Lipinski definition) is 2. The second-order valence-corrected chi connectivity index (χ2v) is 7.68. The van der Waals surface area contributed by atoms with Crippen molar-refractivity contribution in [2.45, 2.75) is 70.3 Å². The number of hydrazine groups is 1. The van der Waals surface area contributed by atoms with Gasteiger partial charge in [0.2, 0.25) is 0 Å². The van der Waals surface area contributed by atoms with Crippen LogP contribution >= 0.6 is 11.3 Å². The van der Waals surface area contributed by atoms with Gasteiger partial charge < -0.3 is 0 Å². The summed E-state index contributed by atoms with van der Waals surface area (Å²) in [5.74, 6) is 8.37. The lowest BCUT2D eigenvalue weighted by Gasteiger charge is -2.39. The van der Waals surface area contributed by atoms with Gasteiger partial charge in [-0.3, -0.25) is 11.3 Å². The third-order valence-corrected chi connectivity index (χ3v) is 6.70. The second kappa shape index (κ2) is 6.59. The number of hydrogen-bond acceptors (Lipinski definition) is 3. The summed E-state index contributed by atoms with van der Waals surface area (Å²) in [6, 6.07) is 2.84. The maximum absolute atomic E-state index is 5.98. The Morgan fingerprint density at radius 3 is 2.80 bits per heavy atom. The lowest BCUT2D eigenvalue weighted by atomic mass is 9.71. The van der Waals surface area contributed by atoms with Crippen LogP contribution < -0.4 is 11.3 Å². The minimum Gasteiger partial charge on any atom is -0.271 e. The molecule has 20 heavy (non-hydrogen) atoms. The molecule has 0 spiro atoms. The van der Waals surface area contributed by atoms with Crippen molar-refractivity contribution < 1.29 is 0 Å². The fourth-order valence-corrected chi connectivity index (χ4v) is 5.43. The van der Waals surface area contributed by atoms with Crippen LogP contribution in [0, 0.1) is 11.8 Å². The van der Waals surface area contributed by atoms with E-state index >= 15 is 0 Å². The van der Waals surface area contributed by atoms with E-state index in [-0.39, 0.29) is 0 Å². The molecule has 2 unspecified atom stereocenters. The fraction of sp³-hybridized carbons (Fsp3) is 0.765. The van der Waals surface area contributed by atoms with Crippen molar-refractivity contribution in [1.29, 1.82) is 0 Å². The molecule has 112 valence electrons. The summed E-state index contributed by atoms with van der Waals surface area (Å²) >= 11 is 1.94. The van der Waals surface area contributed by atoms with Crippen LogP contribution in [0.1, 0.15) is 68.2 Å². The van der Waals surface area contributed by atoms with Gasteiger partial charge in [0.25, 0.3) is 0 Å². The molecule has 1 aromatic rings. The Kier molecular flexibility index (Phi) is 4.79. The predicted molar refractivity (Wildman–Crippen MR) is 86.8 cm³/mol. The molecule has 3 rings (SSSR count). The van der Waals surface area contributed by atoms with Gasteiger partial charge in [-0.15, -0.1) is 11.3 Å². The second-order valence-electron chi connectivity index (χ2n) is 6.68. The van der Waals surface area contributed by atoms with E-state index < -0.39 is 0 Å². The highest BCUT2D eigenvalue weighted by atomic mass is 32.1. The van der Waals surface area contributed by atoms with Gasteiger partial charge in [0, 0.05) is 16.8 Å². The first-order chi connectivity index (χ1) is 9.83. The molecule has 0 radical (unpaired) electrons. The molecule has 1 saturated carbocycles. The fourth-order valence-electron chi connectivity index (χ4n) is 4.43. The zero-order valence-corrected chi connectivity index (χ0v) is 13.4. The topological polar surface area (TPSA) is 38.0 Å². The largest absolute Gasteiger partial charge is 0.271 e. The highest BCUT2D eigenvalue weighted by molar-refractivity contribution is 7.10. The minimum atomic E-state index is 0.487. The Balaban J connectivity index is 1.72. The lowest BCUT2D eigenvalue weighted by Crippen LogP contribution is -2.46. The van der Waals surface area contributed by atoms with E-state index in [2.05, 4.69) is 23.8 Å². The highest BCUT2D eigenvalue weighted by Gasteiger charge is 2.35. The van der Waals surface area contributed by atoms with E-state index in [9.17, 15) is 0 Å². The first kappa shape index (κ1) is 14.6. The van der Waals surface area contributed by atoms with Crippen LogP contribution in [0.4, 0.5) is 0 Å². The molecule has 3 N–H and O–H groups in total. The molecular weight excluding hydrogens is 264 g/mol. The first-order valence-electron chi connectivity index (χ1n) is 8.35. The van der Waals surface area contributed by atoms with E-state index in [1.54, 1.807) is 10.4 Å². The number of fused-ring (bicyclic) bond motifs is 1. The van der Waals surface area contributed by atoms with Crippen LogP contribution in [-0.4, -0.2) is 6.04 Å². The normalized spacial score (nSPS) is 31.8. The first-order valence-corrected chi connectivity index (χ1v) is 9.23. The zero-order valence-electron chi connectivity index (χ0n) is 12.6. The van der Waals surface area contributed by atoms with Gasteiger partial charge in [-0.05, 0) is 60.9 Å². The predicted octanol–water partition coefficient (Wildman–Crippen LogP) is 4.22. The van der Waals surface area contributed by atoms with Crippen LogP contribution in [0.2, 0.25) is 0 Å². The molecule has 0 aliphatic heterocycles. The summed E-state index contributed by atoms with van der Waals surface area (Å²) in [5, 5.41) is 2.27. The van der Waals surface area contributed by atoms with Crippen molar-refractivity contribution in [2.75, 3.05) is 0 Å². The molecular formula is C17H28N2S. The van der Waals surface area contributed by atoms with Crippen LogP contribution in [0.25, 0.3) is 0 Å². The SMILES string of the molecule is CCC1CCC(C(NN)C2CCCc3sccc32)CC1. The van der Waals surface area contributed by atoms with Gasteiger partial charge in [-0.2, -0.15) is 0 Å². The van der Waals surface area contributed by atoms with Crippen molar-refractivity contribution in [2.24, 2.45) is 17.7 Å². The molecule has 3 heteroatoms. The number of nitrogens with one attached hydrogen (secondary N) is 1. The van der Waals surface area contributed by atoms with Gasteiger partial charge >= 0.3 is 0 Å². The average Bonchev–Trinajstić information content (AvgIpc) is 2.98. The third-order valence-electron chi connectivity index (χ3n) is 5.70. The van der Waals surface area contributed by atoms with Crippen molar-refractivity contribution in [3.63, 3.8) is 0 Å². The lowest BCUT2D eigenvalue weighted by molar-refractivity contribution is 0.193. The maximum Gasteiger partial charge on any atom is 0.0307 e. The standard InChI is InChI=1S/C17H28N2S/c1-2-12-6-8-13(9-7-12)17(19-18)15-4-3-5-16-14(15)10-11-20-16/h10-13,15,17,19H,2-9,18H2,1H3. The van der Waals surface area contributed by atoms with Gasteiger partial charge in [0.15, 0.2) is 0 Å². The Morgan fingerprint density at radius 1 is 1.30 bits per heavy atom. The Morgan fingerprint density at radius 2 is 2.10 bits per heavy atom. The minimum absolute atomic E-state index is 0.487. The number of thiophene rings is 1. The Bertz CT molecular complexity index is 420. The van der Waals surface area contributed by atoms with Gasteiger partial charge in [0.05, 0.1) is 0 Å². The zero-order chi connectivity index (χ0) is 13.9. The molecule has 0 saturated heterocycles. The monoisotopic (exact) mass is 292 g/mol. The van der Waals surface area contributed by atoms with Crippen molar-refractivity contribution >= 4 is 11.3 Å². The van der Waals surface area contributed by atoms with E-state index in [1.165, 1.54) is 51.4 Å². The summed E-state index contributed by atoms with van der Waals surface area (Å²) in [7, 11) is 0. The summed E-state index contributed by atoms with van der Waals surface area (Å²) in [6.45, 7) is 2.34. The van der Waals surface area contributed by atoms with E-state index in [0.29, 0.717) is 12.0 Å². The molecule has 1 heterocycles. The molecule has 0 amide bonds. The number of rotatable bonds is 4. The molecule has 1 fully saturated rings. The molecule has 0 bridgehead atoms. The van der Waals surface area contributed by atoms with Crippen LogP contribution in [0.3, 0.4) is 0 Å². The highest BCUT2D eigenvalue weighted by Crippen LogP contribution is 2.42. The molecule has 2 atom stereocenters. The van der Waals surface area contributed by atoms with Gasteiger partial charge in [-0.1, -0.05) is 26.2 Å². The molecule has 1 aromatic heterocycles. The Hall–Kier alpha value is -0.380. The van der Waals surface area contributed by atoms with E-state index in [4.69, 9.17) is 5.84 Å². The molecule has 2 nitrogen and oxygen atoms in total. The third kappa shape index (κ3) is 2.81. The van der Waals surface area contributed by atoms with Crippen LogP contribution in [-0.2, 0) is 6.42 Å². The number of aryl methyl sites for hydroxylation is 1. The van der Waals surface area contributed by atoms with Crippen LogP contribution in [0.15, 0.2) is 11.4 Å². The van der Waals surface area contributed by atoms with Gasteiger partial charge in [-0.25, -0.2) is 0 Å². The van der Waals surface area contributed by atoms with Crippen molar-refractivity contribution in [3.8, 4) is 0 Å². The molecule has 0 aromatic carbocycles. The van der Waals surface area contributed by atoms with Crippen molar-refractivity contribution in [3.05, 3.63) is 21.9 Å². The molecule has 2 aliphatic rings. The smallest absolute Gasteiger partial charge is 0.0307 e. The van der Waals surface area contributed by atoms with Crippen molar-refractivity contribution in [1.82, 2.24) is 5.43 Å². The summed E-state index contributed by atoms with van der Waals surface area (Å²) < 4.78 is 0. The summed E-state index contributed by atoms with van der Waals surface area (Å²) in [6.07, 6.45) is 10.8. The average molecular weight is 292 g/mol. The molecule has 2 aliphatic carbocycles.